The Kier molecular flexibility index (Phi) is 3.71. The highest BCUT2D eigenvalue weighted by molar-refractivity contribution is 5.43. The first kappa shape index (κ1) is 13.0. The lowest BCUT2D eigenvalue weighted by Crippen LogP contribution is -2.05. The van der Waals surface area contributed by atoms with E-state index >= 15 is 0 Å². The van der Waals surface area contributed by atoms with Crippen LogP contribution in [0.25, 0.3) is 0 Å². The van der Waals surface area contributed by atoms with Crippen LogP contribution < -0.4 is 5.32 Å². The summed E-state index contributed by atoms with van der Waals surface area (Å²) in [5, 5.41) is 11.7. The standard InChI is InChI=1S/C14H11F2N3/c1-9-2-5-14(19-13(9)7-17)18-8-10-6-11(15)3-4-12(10)16/h2-6H,8H2,1H3,(H,18,19). The summed E-state index contributed by atoms with van der Waals surface area (Å²) in [6, 6.07) is 8.67. The third-order valence-electron chi connectivity index (χ3n) is 2.67. The number of pyridine rings is 1. The molecule has 1 aromatic carbocycles. The highest BCUT2D eigenvalue weighted by Crippen LogP contribution is 2.13. The summed E-state index contributed by atoms with van der Waals surface area (Å²) in [6.45, 7) is 1.88. The fourth-order valence-corrected chi connectivity index (χ4v) is 1.60. The van der Waals surface area contributed by atoms with Crippen molar-refractivity contribution in [2.24, 2.45) is 0 Å². The fraction of sp³-hybridized carbons (Fsp3) is 0.143. The molecule has 0 saturated heterocycles. The summed E-state index contributed by atoms with van der Waals surface area (Å²) in [5.41, 5.74) is 1.29. The number of rotatable bonds is 3. The second kappa shape index (κ2) is 5.44. The van der Waals surface area contributed by atoms with Gasteiger partial charge >= 0.3 is 0 Å². The van der Waals surface area contributed by atoms with Gasteiger partial charge in [0, 0.05) is 12.1 Å². The van der Waals surface area contributed by atoms with Crippen LogP contribution in [0.2, 0.25) is 0 Å². The Hall–Kier alpha value is -2.48. The van der Waals surface area contributed by atoms with Crippen LogP contribution in [0.1, 0.15) is 16.8 Å². The minimum Gasteiger partial charge on any atom is -0.366 e. The first-order valence-electron chi connectivity index (χ1n) is 5.65. The van der Waals surface area contributed by atoms with Crippen LogP contribution in [0.15, 0.2) is 30.3 Å². The lowest BCUT2D eigenvalue weighted by atomic mass is 10.2. The number of nitrogens with zero attached hydrogens (tertiary/aromatic N) is 2. The van der Waals surface area contributed by atoms with Gasteiger partial charge in [0.1, 0.15) is 29.2 Å². The summed E-state index contributed by atoms with van der Waals surface area (Å²) < 4.78 is 26.4. The summed E-state index contributed by atoms with van der Waals surface area (Å²) in [4.78, 5) is 4.07. The van der Waals surface area contributed by atoms with Crippen molar-refractivity contribution in [2.45, 2.75) is 13.5 Å². The van der Waals surface area contributed by atoms with E-state index in [2.05, 4.69) is 10.3 Å². The lowest BCUT2D eigenvalue weighted by molar-refractivity contribution is 0.587. The molecule has 2 rings (SSSR count). The molecule has 3 nitrogen and oxygen atoms in total. The largest absolute Gasteiger partial charge is 0.366 e. The molecule has 19 heavy (non-hydrogen) atoms. The number of aromatic nitrogens is 1. The van der Waals surface area contributed by atoms with E-state index in [1.54, 1.807) is 19.1 Å². The van der Waals surface area contributed by atoms with Gasteiger partial charge in [-0.25, -0.2) is 13.8 Å². The van der Waals surface area contributed by atoms with Crippen LogP contribution >= 0.6 is 0 Å². The van der Waals surface area contributed by atoms with Gasteiger partial charge in [-0.1, -0.05) is 6.07 Å². The molecular weight excluding hydrogens is 248 g/mol. The van der Waals surface area contributed by atoms with Gasteiger partial charge in [0.05, 0.1) is 0 Å². The number of hydrogen-bond acceptors (Lipinski definition) is 3. The van der Waals surface area contributed by atoms with E-state index in [0.717, 1.165) is 23.8 Å². The van der Waals surface area contributed by atoms with E-state index in [4.69, 9.17) is 5.26 Å². The topological polar surface area (TPSA) is 48.7 Å². The minimum absolute atomic E-state index is 0.102. The Morgan fingerprint density at radius 2 is 2.05 bits per heavy atom. The second-order valence-corrected chi connectivity index (χ2v) is 4.06. The number of benzene rings is 1. The predicted octanol–water partition coefficient (Wildman–Crippen LogP) is 3.15. The predicted molar refractivity (Wildman–Crippen MR) is 67.4 cm³/mol. The molecule has 0 aliphatic carbocycles. The Bertz CT molecular complexity index is 648. The van der Waals surface area contributed by atoms with Gasteiger partial charge in [0.2, 0.25) is 0 Å². The Labute approximate surface area is 109 Å². The molecule has 1 N–H and O–H groups in total. The number of nitriles is 1. The molecule has 0 aliphatic heterocycles. The molecule has 5 heteroatoms. The van der Waals surface area contributed by atoms with Crippen LogP contribution in [0.5, 0.6) is 0 Å². The van der Waals surface area contributed by atoms with Gasteiger partial charge in [-0.3, -0.25) is 0 Å². The molecule has 0 radical (unpaired) electrons. The highest BCUT2D eigenvalue weighted by Gasteiger charge is 2.05. The van der Waals surface area contributed by atoms with Crippen molar-refractivity contribution >= 4 is 5.82 Å². The van der Waals surface area contributed by atoms with Crippen LogP contribution in [0.4, 0.5) is 14.6 Å². The molecule has 0 spiro atoms. The van der Waals surface area contributed by atoms with Crippen molar-refractivity contribution in [1.29, 1.82) is 5.26 Å². The van der Waals surface area contributed by atoms with Gasteiger partial charge < -0.3 is 5.32 Å². The summed E-state index contributed by atoms with van der Waals surface area (Å²) in [7, 11) is 0. The van der Waals surface area contributed by atoms with E-state index in [1.807, 2.05) is 6.07 Å². The molecule has 0 atom stereocenters. The molecule has 1 aromatic heterocycles. The maximum atomic E-state index is 13.4. The highest BCUT2D eigenvalue weighted by atomic mass is 19.1. The van der Waals surface area contributed by atoms with Crippen molar-refractivity contribution in [3.63, 3.8) is 0 Å². The third kappa shape index (κ3) is 3.05. The Balaban J connectivity index is 2.15. The van der Waals surface area contributed by atoms with Crippen molar-refractivity contribution in [2.75, 3.05) is 5.32 Å². The normalized spacial score (nSPS) is 10.0. The van der Waals surface area contributed by atoms with Crippen LogP contribution in [-0.4, -0.2) is 4.98 Å². The van der Waals surface area contributed by atoms with E-state index < -0.39 is 11.6 Å². The van der Waals surface area contributed by atoms with Gasteiger partial charge in [0.25, 0.3) is 0 Å². The quantitative estimate of drug-likeness (QED) is 0.921. The number of halogens is 2. The Morgan fingerprint density at radius 1 is 1.26 bits per heavy atom. The third-order valence-corrected chi connectivity index (χ3v) is 2.67. The van der Waals surface area contributed by atoms with Crippen molar-refractivity contribution in [3.05, 3.63) is 58.8 Å². The zero-order valence-electron chi connectivity index (χ0n) is 10.2. The summed E-state index contributed by atoms with van der Waals surface area (Å²) in [5.74, 6) is -0.528. The molecule has 0 fully saturated rings. The van der Waals surface area contributed by atoms with E-state index in [-0.39, 0.29) is 12.1 Å². The smallest absolute Gasteiger partial charge is 0.145 e. The molecule has 0 amide bonds. The molecule has 1 heterocycles. The minimum atomic E-state index is -0.493. The summed E-state index contributed by atoms with van der Waals surface area (Å²) >= 11 is 0. The second-order valence-electron chi connectivity index (χ2n) is 4.06. The maximum absolute atomic E-state index is 13.4. The molecule has 0 aliphatic rings. The summed E-state index contributed by atoms with van der Waals surface area (Å²) in [6.07, 6.45) is 0. The fourth-order valence-electron chi connectivity index (χ4n) is 1.60. The molecule has 2 aromatic rings. The van der Waals surface area contributed by atoms with E-state index in [0.29, 0.717) is 11.5 Å². The van der Waals surface area contributed by atoms with Crippen LogP contribution in [0, 0.1) is 29.9 Å². The number of aryl methyl sites for hydroxylation is 1. The monoisotopic (exact) mass is 259 g/mol. The molecule has 0 unspecified atom stereocenters. The number of anilines is 1. The molecule has 0 bridgehead atoms. The van der Waals surface area contributed by atoms with Crippen molar-refractivity contribution in [1.82, 2.24) is 4.98 Å². The Morgan fingerprint density at radius 3 is 2.79 bits per heavy atom. The number of nitrogens with one attached hydrogen (secondary N) is 1. The number of hydrogen-bond donors (Lipinski definition) is 1. The van der Waals surface area contributed by atoms with Gasteiger partial charge in [-0.05, 0) is 36.8 Å². The van der Waals surface area contributed by atoms with Crippen molar-refractivity contribution in [3.8, 4) is 6.07 Å². The first-order valence-corrected chi connectivity index (χ1v) is 5.65. The van der Waals surface area contributed by atoms with Crippen LogP contribution in [-0.2, 0) is 6.54 Å². The maximum Gasteiger partial charge on any atom is 0.145 e. The average Bonchev–Trinajstić information content (AvgIpc) is 2.41. The lowest BCUT2D eigenvalue weighted by Gasteiger charge is -2.08. The first-order chi connectivity index (χ1) is 9.10. The van der Waals surface area contributed by atoms with Gasteiger partial charge in [-0.15, -0.1) is 0 Å². The average molecular weight is 259 g/mol. The SMILES string of the molecule is Cc1ccc(NCc2cc(F)ccc2F)nc1C#N. The van der Waals surface area contributed by atoms with Gasteiger partial charge in [-0.2, -0.15) is 5.26 Å². The molecular formula is C14H11F2N3. The zero-order chi connectivity index (χ0) is 13.8. The van der Waals surface area contributed by atoms with Crippen LogP contribution in [0.3, 0.4) is 0 Å². The molecule has 0 saturated carbocycles. The van der Waals surface area contributed by atoms with Gasteiger partial charge in [0.15, 0.2) is 0 Å². The van der Waals surface area contributed by atoms with Crippen molar-refractivity contribution < 1.29 is 8.78 Å². The molecule has 96 valence electrons. The van der Waals surface area contributed by atoms with E-state index in [1.165, 1.54) is 0 Å². The van der Waals surface area contributed by atoms with E-state index in [9.17, 15) is 8.78 Å². The zero-order valence-corrected chi connectivity index (χ0v) is 10.2.